The molecule has 0 aromatic rings. The normalized spacial score (nSPS) is 35.5. The van der Waals surface area contributed by atoms with Crippen molar-refractivity contribution in [3.63, 3.8) is 0 Å². The van der Waals surface area contributed by atoms with Crippen LogP contribution in [-0.2, 0) is 14.4 Å². The van der Waals surface area contributed by atoms with Crippen LogP contribution in [0.2, 0.25) is 0 Å². The standard InChI is InChI=1S/C13H16F3NO3/c1-10(2)11(3)4-5-12(10,8(19)7(11)18)9(20)17-6-13(14,15)16/h4-6H2,1-3H3,(H,17,20). The van der Waals surface area contributed by atoms with Gasteiger partial charge in [0.05, 0.1) is 0 Å². The predicted molar refractivity (Wildman–Crippen MR) is 62.6 cm³/mol. The summed E-state index contributed by atoms with van der Waals surface area (Å²) in [5.74, 6) is -2.48. The Morgan fingerprint density at radius 2 is 1.70 bits per heavy atom. The third-order valence-corrected chi connectivity index (χ3v) is 5.38. The maximum absolute atomic E-state index is 12.2. The van der Waals surface area contributed by atoms with Crippen LogP contribution in [0.3, 0.4) is 0 Å². The van der Waals surface area contributed by atoms with Crippen molar-refractivity contribution in [1.29, 1.82) is 0 Å². The summed E-state index contributed by atoms with van der Waals surface area (Å²) in [5, 5.41) is 1.77. The number of fused-ring (bicyclic) bond motifs is 2. The summed E-state index contributed by atoms with van der Waals surface area (Å²) < 4.78 is 36.7. The molecule has 0 radical (unpaired) electrons. The van der Waals surface area contributed by atoms with Crippen molar-refractivity contribution in [2.45, 2.75) is 39.8 Å². The molecule has 0 aliphatic heterocycles. The molecule has 2 saturated carbocycles. The summed E-state index contributed by atoms with van der Waals surface area (Å²) in [7, 11) is 0. The highest BCUT2D eigenvalue weighted by Gasteiger charge is 2.77. The van der Waals surface area contributed by atoms with E-state index < -0.39 is 46.4 Å². The molecule has 2 unspecified atom stereocenters. The fourth-order valence-corrected chi connectivity index (χ4v) is 3.60. The van der Waals surface area contributed by atoms with E-state index in [1.165, 1.54) is 0 Å². The molecule has 0 saturated heterocycles. The number of alkyl halides is 3. The summed E-state index contributed by atoms with van der Waals surface area (Å²) in [5.41, 5.74) is -3.62. The Hall–Kier alpha value is -1.40. The highest BCUT2D eigenvalue weighted by molar-refractivity contribution is 6.48. The average molecular weight is 291 g/mol. The molecule has 0 spiro atoms. The highest BCUT2D eigenvalue weighted by atomic mass is 19.4. The molecule has 7 heteroatoms. The molecular weight excluding hydrogens is 275 g/mol. The van der Waals surface area contributed by atoms with Gasteiger partial charge in [-0.3, -0.25) is 14.4 Å². The molecule has 112 valence electrons. The second kappa shape index (κ2) is 3.83. The van der Waals surface area contributed by atoms with Crippen molar-refractivity contribution in [1.82, 2.24) is 5.32 Å². The van der Waals surface area contributed by atoms with Gasteiger partial charge in [-0.15, -0.1) is 0 Å². The topological polar surface area (TPSA) is 63.2 Å². The van der Waals surface area contributed by atoms with E-state index in [2.05, 4.69) is 0 Å². The number of carbonyl (C=O) groups is 3. The molecule has 2 bridgehead atoms. The number of halogens is 3. The summed E-state index contributed by atoms with van der Waals surface area (Å²) in [4.78, 5) is 36.4. The quantitative estimate of drug-likeness (QED) is 0.621. The molecule has 2 fully saturated rings. The smallest absolute Gasteiger partial charge is 0.346 e. The summed E-state index contributed by atoms with van der Waals surface area (Å²) >= 11 is 0. The SMILES string of the molecule is CC12CCC(C(=O)NCC(F)(F)F)(C(=O)C1=O)C2(C)C. The van der Waals surface area contributed by atoms with Crippen LogP contribution in [0.1, 0.15) is 33.6 Å². The van der Waals surface area contributed by atoms with Crippen molar-refractivity contribution >= 4 is 17.5 Å². The first-order valence-corrected chi connectivity index (χ1v) is 6.34. The number of hydrogen-bond donors (Lipinski definition) is 1. The van der Waals surface area contributed by atoms with E-state index in [1.54, 1.807) is 26.1 Å². The third-order valence-electron chi connectivity index (χ3n) is 5.38. The predicted octanol–water partition coefficient (Wildman–Crippen LogP) is 1.63. The Morgan fingerprint density at radius 3 is 2.10 bits per heavy atom. The van der Waals surface area contributed by atoms with Gasteiger partial charge >= 0.3 is 6.18 Å². The van der Waals surface area contributed by atoms with Gasteiger partial charge < -0.3 is 5.32 Å². The molecule has 2 aliphatic rings. The van der Waals surface area contributed by atoms with Gasteiger partial charge in [0.25, 0.3) is 0 Å². The minimum atomic E-state index is -4.55. The van der Waals surface area contributed by atoms with Crippen LogP contribution in [0.15, 0.2) is 0 Å². The van der Waals surface area contributed by atoms with Crippen molar-refractivity contribution in [3.8, 4) is 0 Å². The zero-order valence-corrected chi connectivity index (χ0v) is 11.5. The van der Waals surface area contributed by atoms with E-state index in [1.807, 2.05) is 0 Å². The molecule has 0 heterocycles. The first kappa shape index (κ1) is 15.0. The molecule has 0 aromatic carbocycles. The zero-order chi connectivity index (χ0) is 15.6. The van der Waals surface area contributed by atoms with E-state index in [0.717, 1.165) is 0 Å². The molecule has 2 aliphatic carbocycles. The molecule has 1 amide bonds. The lowest BCUT2D eigenvalue weighted by atomic mass is 9.64. The Kier molecular flexibility index (Phi) is 2.87. The van der Waals surface area contributed by atoms with Gasteiger partial charge in [-0.05, 0) is 18.3 Å². The van der Waals surface area contributed by atoms with Crippen molar-refractivity contribution in [2.75, 3.05) is 6.54 Å². The first-order valence-electron chi connectivity index (χ1n) is 6.34. The number of rotatable bonds is 2. The van der Waals surface area contributed by atoms with Crippen molar-refractivity contribution < 1.29 is 27.6 Å². The van der Waals surface area contributed by atoms with Gasteiger partial charge in [-0.25, -0.2) is 0 Å². The number of ketones is 2. The number of amides is 1. The van der Waals surface area contributed by atoms with Crippen LogP contribution in [0.25, 0.3) is 0 Å². The molecule has 0 aromatic heterocycles. The van der Waals surface area contributed by atoms with Crippen LogP contribution < -0.4 is 5.32 Å². The maximum Gasteiger partial charge on any atom is 0.405 e. The minimum Gasteiger partial charge on any atom is -0.346 e. The number of nitrogens with one attached hydrogen (secondary N) is 1. The second-order valence-electron chi connectivity index (χ2n) is 6.32. The van der Waals surface area contributed by atoms with Gasteiger partial charge in [0.1, 0.15) is 12.0 Å². The number of hydrogen-bond acceptors (Lipinski definition) is 3. The van der Waals surface area contributed by atoms with Gasteiger partial charge in [0.15, 0.2) is 0 Å². The lowest BCUT2D eigenvalue weighted by molar-refractivity contribution is -0.154. The monoisotopic (exact) mass is 291 g/mol. The molecule has 20 heavy (non-hydrogen) atoms. The summed E-state index contributed by atoms with van der Waals surface area (Å²) in [6.07, 6.45) is -4.10. The molecule has 2 rings (SSSR count). The lowest BCUT2D eigenvalue weighted by Crippen LogP contribution is -2.52. The zero-order valence-electron chi connectivity index (χ0n) is 11.5. The second-order valence-corrected chi connectivity index (χ2v) is 6.32. The Bertz CT molecular complexity index is 511. The molecule has 2 atom stereocenters. The van der Waals surface area contributed by atoms with Crippen LogP contribution in [0, 0.1) is 16.2 Å². The molecular formula is C13H16F3NO3. The van der Waals surface area contributed by atoms with Crippen LogP contribution in [-0.4, -0.2) is 30.2 Å². The van der Waals surface area contributed by atoms with E-state index in [9.17, 15) is 27.6 Å². The lowest BCUT2D eigenvalue weighted by Gasteiger charge is -2.37. The maximum atomic E-state index is 12.2. The third kappa shape index (κ3) is 1.52. The fraction of sp³-hybridized carbons (Fsp3) is 0.769. The van der Waals surface area contributed by atoms with Crippen molar-refractivity contribution in [2.24, 2.45) is 16.2 Å². The Morgan fingerprint density at radius 1 is 1.15 bits per heavy atom. The van der Waals surface area contributed by atoms with Gasteiger partial charge in [0, 0.05) is 5.41 Å². The first-order chi connectivity index (χ1) is 8.90. The van der Waals surface area contributed by atoms with Gasteiger partial charge in [0.2, 0.25) is 17.5 Å². The van der Waals surface area contributed by atoms with Crippen LogP contribution in [0.5, 0.6) is 0 Å². The molecule has 1 N–H and O–H groups in total. The summed E-state index contributed by atoms with van der Waals surface area (Å²) in [6.45, 7) is 3.33. The van der Waals surface area contributed by atoms with Gasteiger partial charge in [-0.1, -0.05) is 20.8 Å². The van der Waals surface area contributed by atoms with Gasteiger partial charge in [-0.2, -0.15) is 13.2 Å². The van der Waals surface area contributed by atoms with E-state index >= 15 is 0 Å². The highest BCUT2D eigenvalue weighted by Crippen LogP contribution is 2.68. The largest absolute Gasteiger partial charge is 0.405 e. The Balaban J connectivity index is 2.37. The molecule has 4 nitrogen and oxygen atoms in total. The van der Waals surface area contributed by atoms with Crippen molar-refractivity contribution in [3.05, 3.63) is 0 Å². The van der Waals surface area contributed by atoms with E-state index in [0.29, 0.717) is 6.42 Å². The number of Topliss-reactive ketones (excluding diaryl/α,β-unsaturated/α-hetero) is 2. The fourth-order valence-electron chi connectivity index (χ4n) is 3.60. The summed E-state index contributed by atoms with van der Waals surface area (Å²) in [6, 6.07) is 0. The van der Waals surface area contributed by atoms with Crippen LogP contribution in [0.4, 0.5) is 13.2 Å². The number of carbonyl (C=O) groups excluding carboxylic acids is 3. The minimum absolute atomic E-state index is 0.116. The van der Waals surface area contributed by atoms with Crippen LogP contribution >= 0.6 is 0 Å². The van der Waals surface area contributed by atoms with E-state index in [-0.39, 0.29) is 6.42 Å². The Labute approximate surface area is 114 Å². The average Bonchev–Trinajstić information content (AvgIpc) is 2.58. The van der Waals surface area contributed by atoms with E-state index in [4.69, 9.17) is 0 Å².